The Labute approximate surface area is 272 Å². The minimum atomic E-state index is -5.42. The summed E-state index contributed by atoms with van der Waals surface area (Å²) in [5.74, 6) is -4.67. The van der Waals surface area contributed by atoms with Gasteiger partial charge in [0.05, 0.1) is 6.61 Å². The summed E-state index contributed by atoms with van der Waals surface area (Å²) in [6, 6.07) is 0. The molecule has 1 heterocycles. The van der Waals surface area contributed by atoms with Crippen molar-refractivity contribution in [3.63, 3.8) is 0 Å². The number of carbonyl (C=O) groups excluding carboxylic acids is 6. The summed E-state index contributed by atoms with van der Waals surface area (Å²) in [7, 11) is 25.0. The average Bonchev–Trinajstić information content (AvgIpc) is 3.10. The Morgan fingerprint density at radius 3 is 1.55 bits per heavy atom. The third-order valence-corrected chi connectivity index (χ3v) is 4.30. The van der Waals surface area contributed by atoms with Crippen LogP contribution in [-0.2, 0) is 52.4 Å². The Balaban J connectivity index is 0.00000234. The molecular formula is C22H32Cl6N3O12Sb. The van der Waals surface area contributed by atoms with Crippen molar-refractivity contribution in [1.29, 1.82) is 0 Å². The van der Waals surface area contributed by atoms with Crippen LogP contribution >= 0.6 is 53.0 Å². The Kier molecular flexibility index (Phi) is 15.5. The molecule has 0 aromatic rings. The number of rotatable bonds is 11. The first kappa shape index (κ1) is 42.6. The minimum absolute atomic E-state index is 0.0306. The molecule has 1 aliphatic heterocycles. The van der Waals surface area contributed by atoms with E-state index in [1.54, 1.807) is 6.92 Å². The second-order valence-electron chi connectivity index (χ2n) is 9.16. The zero-order valence-electron chi connectivity index (χ0n) is 24.7. The summed E-state index contributed by atoms with van der Waals surface area (Å²) in [6.07, 6.45) is -7.70. The van der Waals surface area contributed by atoms with Crippen molar-refractivity contribution in [1.82, 2.24) is 0 Å². The molecule has 0 N–H and O–H groups in total. The number of amidine groups is 1. The zero-order valence-corrected chi connectivity index (χ0v) is 31.8. The molecule has 0 spiro atoms. The molecule has 0 saturated carbocycles. The van der Waals surface area contributed by atoms with Gasteiger partial charge in [-0.1, -0.05) is 5.11 Å². The zero-order chi connectivity index (χ0) is 34.9. The summed E-state index contributed by atoms with van der Waals surface area (Å²) >= 11 is 0. The molecule has 44 heavy (non-hydrogen) atoms. The van der Waals surface area contributed by atoms with E-state index < -0.39 is 81.8 Å². The van der Waals surface area contributed by atoms with E-state index in [2.05, 4.69) is 10.1 Å². The number of azo groups is 2. The maximum absolute atomic E-state index is 12.7. The number of aliphatic imine (C=N–C) groups is 1. The first-order valence-corrected chi connectivity index (χ1v) is 31.6. The third kappa shape index (κ3) is 19.9. The predicted octanol–water partition coefficient (Wildman–Crippen LogP) is 4.80. The number of amides is 1. The van der Waals surface area contributed by atoms with Crippen molar-refractivity contribution < 1.29 is 61.9 Å². The first-order valence-electron chi connectivity index (χ1n) is 12.2. The topological polar surface area (TPSA) is 186 Å². The van der Waals surface area contributed by atoms with E-state index in [-0.39, 0.29) is 12.4 Å². The number of esters is 5. The van der Waals surface area contributed by atoms with Crippen molar-refractivity contribution in [2.24, 2.45) is 10.1 Å². The van der Waals surface area contributed by atoms with Crippen LogP contribution in [0.25, 0.3) is 0 Å². The number of ether oxygens (including phenoxy) is 6. The summed E-state index contributed by atoms with van der Waals surface area (Å²) in [5, 5.41) is 4.14. The average molecular weight is 865 g/mol. The summed E-state index contributed by atoms with van der Waals surface area (Å²) < 4.78 is 32.0. The van der Waals surface area contributed by atoms with Crippen LogP contribution in [-0.4, -0.2) is 98.9 Å². The molecule has 22 heteroatoms. The van der Waals surface area contributed by atoms with Gasteiger partial charge in [0.1, 0.15) is 6.61 Å². The van der Waals surface area contributed by atoms with E-state index in [0.717, 1.165) is 39.3 Å². The summed E-state index contributed by atoms with van der Waals surface area (Å²) in [6.45, 7) is 9.16. The monoisotopic (exact) mass is 861 g/mol. The van der Waals surface area contributed by atoms with Crippen LogP contribution in [0.3, 0.4) is 0 Å². The van der Waals surface area contributed by atoms with Crippen molar-refractivity contribution in [3.05, 3.63) is 0 Å². The molecule has 0 radical (unpaired) electrons. The Hall–Kier alpha value is -1.35. The van der Waals surface area contributed by atoms with Crippen molar-refractivity contribution in [2.45, 2.75) is 85.5 Å². The first-order chi connectivity index (χ1) is 19.5. The Morgan fingerprint density at radius 1 is 0.727 bits per heavy atom. The van der Waals surface area contributed by atoms with Gasteiger partial charge in [0, 0.05) is 48.5 Å². The van der Waals surface area contributed by atoms with Gasteiger partial charge in [-0.3, -0.25) is 24.0 Å². The van der Waals surface area contributed by atoms with Crippen LogP contribution in [0.4, 0.5) is 4.79 Å². The summed E-state index contributed by atoms with van der Waals surface area (Å²) in [4.78, 5) is 76.6. The molecular weight excluding hydrogens is 833 g/mol. The standard InChI is InChI=1S/C22H32N3O12.6ClH.Sb/c1-9-32-21(31)25-20(23-22(7,8)24-25)19(37-15(6)30)18(36-14(5)29)17(35-13(4)28)16(34-12(3)27)10-33-11(2)26;;;;;;;/h16-19H,9-10H2,1-8H3;6*1H;/q+1;;;;;;;+5/p-6/t16-,17-,18-,19+;;;;;;;/m1......./s1. The normalized spacial score (nSPS) is 18.0. The second kappa shape index (κ2) is 16.0. The molecule has 0 unspecified atom stereocenters. The number of nitrogens with zero attached hydrogens (tertiary/aromatic N) is 3. The van der Waals surface area contributed by atoms with Crippen molar-refractivity contribution in [3.8, 4) is 0 Å². The molecule has 15 nitrogen and oxygen atoms in total. The van der Waals surface area contributed by atoms with Gasteiger partial charge >= 0.3 is 104 Å². The van der Waals surface area contributed by atoms with Crippen LogP contribution in [0.1, 0.15) is 55.4 Å². The van der Waals surface area contributed by atoms with E-state index in [4.69, 9.17) is 81.4 Å². The van der Waals surface area contributed by atoms with Crippen LogP contribution in [0.2, 0.25) is 0 Å². The Morgan fingerprint density at radius 2 is 1.16 bits per heavy atom. The van der Waals surface area contributed by atoms with Gasteiger partial charge in [0.15, 0.2) is 18.3 Å². The molecule has 1 aliphatic rings. The van der Waals surface area contributed by atoms with Gasteiger partial charge in [-0.05, 0) is 16.6 Å². The van der Waals surface area contributed by atoms with Gasteiger partial charge in [0.25, 0.3) is 5.66 Å². The molecule has 1 rings (SSSR count). The second-order valence-corrected chi connectivity index (χ2v) is 66.1. The number of halogens is 6. The molecule has 0 bridgehead atoms. The third-order valence-electron chi connectivity index (χ3n) is 4.30. The fourth-order valence-corrected chi connectivity index (χ4v) is 3.24. The quantitative estimate of drug-likeness (QED) is 0.120. The van der Waals surface area contributed by atoms with Crippen LogP contribution < -0.4 is 0 Å². The van der Waals surface area contributed by atoms with Gasteiger partial charge < -0.3 is 28.4 Å². The molecule has 0 saturated heterocycles. The molecule has 254 valence electrons. The van der Waals surface area contributed by atoms with Crippen LogP contribution in [0.5, 0.6) is 0 Å². The van der Waals surface area contributed by atoms with Gasteiger partial charge in [-0.25, -0.2) is 0 Å². The molecule has 4 atom stereocenters. The fourth-order valence-electron chi connectivity index (χ4n) is 3.24. The Bertz CT molecular complexity index is 1200. The van der Waals surface area contributed by atoms with Crippen LogP contribution in [0, 0.1) is 0 Å². The van der Waals surface area contributed by atoms with E-state index in [1.165, 1.54) is 13.8 Å². The predicted molar refractivity (Wildman–Crippen MR) is 161 cm³/mol. The molecule has 0 aromatic heterocycles. The van der Waals surface area contributed by atoms with Crippen molar-refractivity contribution in [2.75, 3.05) is 13.2 Å². The fraction of sp³-hybridized carbons (Fsp3) is 0.682. The van der Waals surface area contributed by atoms with E-state index in [9.17, 15) is 28.8 Å². The molecule has 0 aliphatic carbocycles. The number of carbonyl (C=O) groups is 6. The van der Waals surface area contributed by atoms with E-state index in [1.807, 2.05) is 0 Å². The number of hydrogen-bond donors (Lipinski definition) is 0. The molecule has 0 aromatic carbocycles. The molecule has 0 fully saturated rings. The SMILES string of the molecule is CCOC(=O)[N+]1=NC(C)(C)N=C1[C@@H](OC(C)=O)[C@H](OC(C)=O)[C@H](OC(C)=O)[C@@H](COC(C)=O)OC(C)=O.[Cl][Sb-]([Cl])([Cl])([Cl])([Cl])[Cl]. The van der Waals surface area contributed by atoms with Gasteiger partial charge in [-0.15, -0.1) is 0 Å². The van der Waals surface area contributed by atoms with Crippen molar-refractivity contribution >= 4 is 104 Å². The van der Waals surface area contributed by atoms with Gasteiger partial charge in [0.2, 0.25) is 6.10 Å². The van der Waals surface area contributed by atoms with E-state index in [0.29, 0.717) is 0 Å². The van der Waals surface area contributed by atoms with E-state index >= 15 is 0 Å². The summed E-state index contributed by atoms with van der Waals surface area (Å²) in [5.41, 5.74) is -1.24. The van der Waals surface area contributed by atoms with Crippen LogP contribution in [0.15, 0.2) is 10.1 Å². The van der Waals surface area contributed by atoms with Gasteiger partial charge in [-0.2, -0.15) is 4.79 Å². The molecule has 1 amide bonds. The maximum atomic E-state index is 12.7. The number of hydrogen-bond acceptors (Lipinski definition) is 14.